The molecule has 0 heterocycles. The van der Waals surface area contributed by atoms with Crippen molar-refractivity contribution >= 4 is 24.8 Å². The van der Waals surface area contributed by atoms with Crippen molar-refractivity contribution in [1.82, 2.24) is 0 Å². The van der Waals surface area contributed by atoms with Crippen molar-refractivity contribution in [3.8, 4) is 0 Å². The third-order valence-electron chi connectivity index (χ3n) is 7.15. The summed E-state index contributed by atoms with van der Waals surface area (Å²) in [6.07, 6.45) is 10.0. The van der Waals surface area contributed by atoms with Crippen LogP contribution in [0.5, 0.6) is 0 Å². The maximum absolute atomic E-state index is 2.99. The molecule has 41 heavy (non-hydrogen) atoms. The van der Waals surface area contributed by atoms with E-state index in [4.69, 9.17) is 0 Å². The van der Waals surface area contributed by atoms with Gasteiger partial charge in [0.2, 0.25) is 0 Å². The van der Waals surface area contributed by atoms with Crippen LogP contribution >= 0.6 is 0 Å². The van der Waals surface area contributed by atoms with Crippen molar-refractivity contribution in [2.45, 2.75) is 58.8 Å². The summed E-state index contributed by atoms with van der Waals surface area (Å²) in [6.45, 7) is 13.6. The Morgan fingerprint density at radius 2 is 1.10 bits per heavy atom. The van der Waals surface area contributed by atoms with Crippen molar-refractivity contribution in [1.29, 1.82) is 0 Å². The molecule has 1 aliphatic carbocycles. The molecular formula is C39H40ClZr-3. The van der Waals surface area contributed by atoms with E-state index in [9.17, 15) is 0 Å². The average Bonchev–Trinajstić information content (AvgIpc) is 3.64. The molecule has 5 aromatic rings. The standard InChI is InChI=1S/C21H25.C13H10.C5H5.ClH.Zr/c1-20(2,3)16-7-9-18-14(12-16)11-15-13-17(21(4,5)6)8-10-19(15)18;1-3-7-12(8-4-1)11-13-9-5-2-6-10-13;1-2-4-5-3-1;;/h7-13H,1-6H3;1-10H;1-3H,4H2;1H;/q-1;;-1;;/p-1. The van der Waals surface area contributed by atoms with E-state index in [-0.39, 0.29) is 23.2 Å². The first-order chi connectivity index (χ1) is 19.0. The molecule has 0 radical (unpaired) electrons. The fraction of sp³-hybridized carbons (Fsp3) is 0.231. The molecule has 0 nitrogen and oxygen atoms in total. The molecule has 0 bridgehead atoms. The van der Waals surface area contributed by atoms with E-state index in [1.807, 2.05) is 12.2 Å². The molecule has 1 aliphatic rings. The molecule has 0 aromatic heterocycles. The van der Waals surface area contributed by atoms with Gasteiger partial charge in [-0.25, -0.2) is 12.2 Å². The van der Waals surface area contributed by atoms with E-state index in [2.05, 4.69) is 157 Å². The number of rotatable bonds is 2. The number of fused-ring (bicyclic) bond motifs is 3. The van der Waals surface area contributed by atoms with Gasteiger partial charge in [0.15, 0.2) is 0 Å². The Morgan fingerprint density at radius 1 is 0.659 bits per heavy atom. The van der Waals surface area contributed by atoms with Crippen LogP contribution in [0.25, 0.3) is 21.5 Å². The first-order valence-corrected chi connectivity index (χ1v) is 15.3. The molecule has 0 saturated carbocycles. The molecule has 0 N–H and O–H groups in total. The molecule has 0 spiro atoms. The van der Waals surface area contributed by atoms with E-state index in [0.717, 1.165) is 6.42 Å². The maximum atomic E-state index is 2.99. The third-order valence-corrected chi connectivity index (χ3v) is 8.57. The van der Waals surface area contributed by atoms with Gasteiger partial charge in [0, 0.05) is 0 Å². The van der Waals surface area contributed by atoms with Gasteiger partial charge in [-0.3, -0.25) is 6.08 Å². The Kier molecular flexibility index (Phi) is 11.5. The summed E-state index contributed by atoms with van der Waals surface area (Å²) in [4.78, 5) is 0. The molecule has 0 unspecified atom stereocenters. The Morgan fingerprint density at radius 3 is 1.41 bits per heavy atom. The second-order valence-corrected chi connectivity index (χ2v) is 13.6. The van der Waals surface area contributed by atoms with Crippen LogP contribution in [-0.2, 0) is 35.1 Å². The fourth-order valence-electron chi connectivity index (χ4n) is 4.67. The van der Waals surface area contributed by atoms with Crippen LogP contribution in [-0.4, -0.2) is 3.21 Å². The number of hydrogen-bond donors (Lipinski definition) is 0. The van der Waals surface area contributed by atoms with Crippen molar-refractivity contribution in [3.63, 3.8) is 0 Å². The normalized spacial score (nSPS) is 12.2. The zero-order valence-electron chi connectivity index (χ0n) is 25.1. The molecule has 210 valence electrons. The Labute approximate surface area is 268 Å². The third kappa shape index (κ3) is 8.88. The van der Waals surface area contributed by atoms with Crippen molar-refractivity contribution in [2.75, 3.05) is 0 Å². The van der Waals surface area contributed by atoms with E-state index < -0.39 is 0 Å². The minimum absolute atomic E-state index is 0. The van der Waals surface area contributed by atoms with Crippen LogP contribution in [0.4, 0.5) is 0 Å². The van der Waals surface area contributed by atoms with Gasteiger partial charge in [0.1, 0.15) is 0 Å². The molecule has 0 amide bonds. The van der Waals surface area contributed by atoms with Crippen LogP contribution in [0.1, 0.15) is 70.2 Å². The SMILES string of the molecule is CC(C)(C)c1ccc2c(c1)[cH-]c1cc(C(C)(C)C)ccc12.[C-]1=CC=CC1.[Cl-].[Zr]=[C](c1ccccc1)c1ccccc1. The second-order valence-electron chi connectivity index (χ2n) is 12.4. The zero-order valence-corrected chi connectivity index (χ0v) is 28.3. The summed E-state index contributed by atoms with van der Waals surface area (Å²) < 4.78 is 1.42. The van der Waals surface area contributed by atoms with E-state index in [1.54, 1.807) is 0 Å². The quantitative estimate of drug-likeness (QED) is 0.177. The van der Waals surface area contributed by atoms with Crippen molar-refractivity contribution < 1.29 is 36.6 Å². The van der Waals surface area contributed by atoms with E-state index in [1.165, 1.54) is 71.2 Å². The molecule has 0 atom stereocenters. The summed E-state index contributed by atoms with van der Waals surface area (Å²) in [5, 5.41) is 5.48. The van der Waals surface area contributed by atoms with Crippen LogP contribution in [0.2, 0.25) is 0 Å². The van der Waals surface area contributed by atoms with Gasteiger partial charge in [-0.05, 0) is 10.8 Å². The molecule has 5 aromatic carbocycles. The summed E-state index contributed by atoms with van der Waals surface area (Å²) in [6, 6.07) is 37.3. The first kappa shape index (κ1) is 32.8. The van der Waals surface area contributed by atoms with E-state index in [0.29, 0.717) is 0 Å². The monoisotopic (exact) mass is 633 g/mol. The summed E-state index contributed by atoms with van der Waals surface area (Å²) in [5.74, 6) is 0. The van der Waals surface area contributed by atoms with E-state index >= 15 is 0 Å². The molecule has 0 saturated heterocycles. The van der Waals surface area contributed by atoms with Gasteiger partial charge in [0.25, 0.3) is 0 Å². The predicted octanol–water partition coefficient (Wildman–Crippen LogP) is 7.42. The molecule has 6 rings (SSSR count). The van der Waals surface area contributed by atoms with Crippen LogP contribution in [0.3, 0.4) is 0 Å². The summed E-state index contributed by atoms with van der Waals surface area (Å²) in [7, 11) is 0. The molecule has 0 fully saturated rings. The number of halogens is 1. The second kappa shape index (κ2) is 14.4. The Hall–Kier alpha value is -2.73. The van der Waals surface area contributed by atoms with Crippen molar-refractivity contribution in [3.05, 3.63) is 150 Å². The average molecular weight is 635 g/mol. The Balaban J connectivity index is 0.000000198. The van der Waals surface area contributed by atoms with Crippen LogP contribution < -0.4 is 12.4 Å². The van der Waals surface area contributed by atoms with Crippen molar-refractivity contribution in [2.24, 2.45) is 0 Å². The topological polar surface area (TPSA) is 0 Å². The van der Waals surface area contributed by atoms with Crippen LogP contribution in [0.15, 0.2) is 121 Å². The zero-order chi connectivity index (χ0) is 28.8. The first-order valence-electron chi connectivity index (χ1n) is 14.1. The molecular weight excluding hydrogens is 595 g/mol. The van der Waals surface area contributed by atoms with Crippen LogP contribution in [0, 0.1) is 6.08 Å². The molecule has 0 aliphatic heterocycles. The summed E-state index contributed by atoms with van der Waals surface area (Å²) >= 11 is 1.46. The minimum atomic E-state index is 0. The fourth-order valence-corrected chi connectivity index (χ4v) is 5.49. The van der Waals surface area contributed by atoms with Gasteiger partial charge in [0.05, 0.1) is 0 Å². The van der Waals surface area contributed by atoms with Gasteiger partial charge in [-0.1, -0.05) is 76.9 Å². The van der Waals surface area contributed by atoms with Gasteiger partial charge in [-0.15, -0.1) is 46.2 Å². The Bertz CT molecular complexity index is 1500. The predicted molar refractivity (Wildman–Crippen MR) is 172 cm³/mol. The summed E-state index contributed by atoms with van der Waals surface area (Å²) in [5.41, 5.74) is 5.87. The molecule has 2 heteroatoms. The number of hydrogen-bond acceptors (Lipinski definition) is 0. The number of allylic oxidation sites excluding steroid dienone is 4. The van der Waals surface area contributed by atoms with Gasteiger partial charge < -0.3 is 12.4 Å². The van der Waals surface area contributed by atoms with Gasteiger partial charge >= 0.3 is 99.2 Å². The number of benzene rings is 4. The van der Waals surface area contributed by atoms with Gasteiger partial charge in [-0.2, -0.15) is 6.08 Å².